The van der Waals surface area contributed by atoms with Gasteiger partial charge in [0.2, 0.25) is 0 Å². The summed E-state index contributed by atoms with van der Waals surface area (Å²) in [6.07, 6.45) is 1.26. The van der Waals surface area contributed by atoms with E-state index >= 15 is 0 Å². The largest absolute Gasteiger partial charge is 0.370 e. The molecule has 0 saturated heterocycles. The third kappa shape index (κ3) is 7.03. The first-order chi connectivity index (χ1) is 14.3. The predicted molar refractivity (Wildman–Crippen MR) is 121 cm³/mol. The highest BCUT2D eigenvalue weighted by Crippen LogP contribution is 2.28. The van der Waals surface area contributed by atoms with Gasteiger partial charge in [-0.25, -0.2) is 12.7 Å². The van der Waals surface area contributed by atoms with Crippen LogP contribution in [0.3, 0.4) is 0 Å². The van der Waals surface area contributed by atoms with Gasteiger partial charge >= 0.3 is 0 Å². The molecule has 9 nitrogen and oxygen atoms in total. The minimum Gasteiger partial charge on any atom is -0.370 e. The van der Waals surface area contributed by atoms with Crippen molar-refractivity contribution in [1.82, 2.24) is 9.62 Å². The third-order valence-corrected chi connectivity index (χ3v) is 6.96. The van der Waals surface area contributed by atoms with Crippen molar-refractivity contribution in [2.24, 2.45) is 17.4 Å². The normalized spacial score (nSPS) is 13.5. The molecule has 0 saturated carbocycles. The fourth-order valence-electron chi connectivity index (χ4n) is 3.65. The molecule has 174 valence electrons. The smallest absolute Gasteiger partial charge is 0.267 e. The number of carbonyl (C=O) groups is 2. The van der Waals surface area contributed by atoms with Crippen molar-refractivity contribution < 1.29 is 18.0 Å². The standard InChI is InChI=1S/C21H35N5O4S/c1-13(2)9-17(12-27)26(20(28)18(22)7-6-8-25-21(23)24)31(29,30)19-15(4)10-14(3)11-16(19)5/h10-13,17-18H,6-9,22H2,1-5H3,(H4,23,24,25)/t17-,18-/m0/s1. The van der Waals surface area contributed by atoms with E-state index in [1.807, 2.05) is 20.8 Å². The maximum absolute atomic E-state index is 13.7. The highest BCUT2D eigenvalue weighted by molar-refractivity contribution is 7.89. The monoisotopic (exact) mass is 453 g/mol. The lowest BCUT2D eigenvalue weighted by Gasteiger charge is -2.31. The highest BCUT2D eigenvalue weighted by Gasteiger charge is 2.39. The predicted octanol–water partition coefficient (Wildman–Crippen LogP) is 1.33. The number of nitrogens with zero attached hydrogens (tertiary/aromatic N) is 1. The zero-order chi connectivity index (χ0) is 23.9. The zero-order valence-corrected chi connectivity index (χ0v) is 19.8. The zero-order valence-electron chi connectivity index (χ0n) is 18.9. The molecule has 1 aromatic rings. The average molecular weight is 454 g/mol. The Balaban J connectivity index is 3.39. The number of aldehydes is 1. The Morgan fingerprint density at radius 2 is 1.77 bits per heavy atom. The first-order valence-corrected chi connectivity index (χ1v) is 11.7. The van der Waals surface area contributed by atoms with Gasteiger partial charge in [0.1, 0.15) is 12.3 Å². The van der Waals surface area contributed by atoms with Crippen molar-refractivity contribution >= 4 is 28.2 Å². The van der Waals surface area contributed by atoms with E-state index < -0.39 is 28.0 Å². The van der Waals surface area contributed by atoms with E-state index in [0.29, 0.717) is 34.7 Å². The second-order valence-electron chi connectivity index (χ2n) is 8.29. The first kappa shape index (κ1) is 26.6. The molecule has 1 aromatic carbocycles. The van der Waals surface area contributed by atoms with E-state index in [4.69, 9.17) is 16.9 Å². The molecule has 10 heteroatoms. The number of guanidine groups is 1. The molecule has 0 aliphatic carbocycles. The molecule has 1 amide bonds. The summed E-state index contributed by atoms with van der Waals surface area (Å²) in [5, 5.41) is 9.77. The van der Waals surface area contributed by atoms with Gasteiger partial charge in [-0.3, -0.25) is 10.2 Å². The fourth-order valence-corrected chi connectivity index (χ4v) is 5.65. The molecule has 6 N–H and O–H groups in total. The number of nitrogens with one attached hydrogen (secondary N) is 2. The average Bonchev–Trinajstić information content (AvgIpc) is 2.62. The minimum absolute atomic E-state index is 0.0168. The molecule has 0 aromatic heterocycles. The van der Waals surface area contributed by atoms with Crippen LogP contribution in [0.15, 0.2) is 17.0 Å². The van der Waals surface area contributed by atoms with Crippen molar-refractivity contribution in [3.63, 3.8) is 0 Å². The Morgan fingerprint density at radius 1 is 1.23 bits per heavy atom. The summed E-state index contributed by atoms with van der Waals surface area (Å²) in [5.41, 5.74) is 13.2. The van der Waals surface area contributed by atoms with Crippen LogP contribution in [0, 0.1) is 32.1 Å². The molecule has 31 heavy (non-hydrogen) atoms. The molecule has 0 radical (unpaired) electrons. The van der Waals surface area contributed by atoms with Crippen LogP contribution >= 0.6 is 0 Å². The lowest BCUT2D eigenvalue weighted by Crippen LogP contribution is -2.52. The summed E-state index contributed by atoms with van der Waals surface area (Å²) in [6, 6.07) is 1.19. The first-order valence-electron chi connectivity index (χ1n) is 10.3. The van der Waals surface area contributed by atoms with Crippen molar-refractivity contribution in [1.29, 1.82) is 5.41 Å². The van der Waals surface area contributed by atoms with Gasteiger partial charge in [0.15, 0.2) is 5.96 Å². The lowest BCUT2D eigenvalue weighted by atomic mass is 10.0. The van der Waals surface area contributed by atoms with E-state index in [1.54, 1.807) is 26.0 Å². The van der Waals surface area contributed by atoms with Gasteiger partial charge in [0.25, 0.3) is 15.9 Å². The van der Waals surface area contributed by atoms with E-state index in [-0.39, 0.29) is 29.6 Å². The van der Waals surface area contributed by atoms with Crippen LogP contribution in [0.2, 0.25) is 0 Å². The number of carbonyl (C=O) groups excluding carboxylic acids is 2. The summed E-state index contributed by atoms with van der Waals surface area (Å²) in [4.78, 5) is 25.2. The van der Waals surface area contributed by atoms with Crippen LogP contribution < -0.4 is 16.8 Å². The van der Waals surface area contributed by atoms with Gasteiger partial charge in [-0.2, -0.15) is 0 Å². The Morgan fingerprint density at radius 3 is 2.23 bits per heavy atom. The van der Waals surface area contributed by atoms with Crippen LogP contribution in [-0.4, -0.2) is 49.5 Å². The van der Waals surface area contributed by atoms with E-state index in [9.17, 15) is 18.0 Å². The van der Waals surface area contributed by atoms with Crippen LogP contribution in [0.1, 0.15) is 49.8 Å². The molecule has 0 heterocycles. The van der Waals surface area contributed by atoms with Crippen LogP contribution in [0.4, 0.5) is 0 Å². The number of nitrogens with two attached hydrogens (primary N) is 2. The second kappa shape index (κ2) is 11.2. The van der Waals surface area contributed by atoms with Crippen molar-refractivity contribution in [3.8, 4) is 0 Å². The molecule has 0 unspecified atom stereocenters. The van der Waals surface area contributed by atoms with Crippen molar-refractivity contribution in [2.45, 2.75) is 70.9 Å². The minimum atomic E-state index is -4.32. The Labute approximate surface area is 185 Å². The molecule has 0 aliphatic rings. The SMILES string of the molecule is Cc1cc(C)c(S(=O)(=O)N(C(=O)[C@@H](N)CCCNC(=N)N)[C@H](C=O)CC(C)C)c(C)c1. The van der Waals surface area contributed by atoms with E-state index in [2.05, 4.69) is 5.32 Å². The second-order valence-corrected chi connectivity index (χ2v) is 10.0. The maximum atomic E-state index is 13.7. The molecule has 0 fully saturated rings. The number of aryl methyl sites for hydroxylation is 3. The van der Waals surface area contributed by atoms with E-state index in [1.165, 1.54) is 0 Å². The number of hydrogen-bond donors (Lipinski definition) is 4. The maximum Gasteiger partial charge on any atom is 0.267 e. The van der Waals surface area contributed by atoms with Crippen molar-refractivity contribution in [3.05, 3.63) is 28.8 Å². The molecular weight excluding hydrogens is 418 g/mol. The van der Waals surface area contributed by atoms with Gasteiger partial charge in [-0.1, -0.05) is 31.5 Å². The van der Waals surface area contributed by atoms with E-state index in [0.717, 1.165) is 5.56 Å². The van der Waals surface area contributed by atoms with Gasteiger partial charge < -0.3 is 21.6 Å². The Hall–Kier alpha value is -2.46. The number of rotatable bonds is 11. The fraction of sp³-hybridized carbons (Fsp3) is 0.571. The number of amides is 1. The van der Waals surface area contributed by atoms with Gasteiger partial charge in [0, 0.05) is 6.54 Å². The van der Waals surface area contributed by atoms with Crippen LogP contribution in [0.25, 0.3) is 0 Å². The summed E-state index contributed by atoms with van der Waals surface area (Å²) < 4.78 is 28.0. The Kier molecular flexibility index (Phi) is 9.64. The lowest BCUT2D eigenvalue weighted by molar-refractivity contribution is -0.132. The summed E-state index contributed by atoms with van der Waals surface area (Å²) in [7, 11) is -4.32. The van der Waals surface area contributed by atoms with Crippen LogP contribution in [-0.2, 0) is 19.6 Å². The molecule has 0 aliphatic heterocycles. The van der Waals surface area contributed by atoms with Crippen molar-refractivity contribution in [2.75, 3.05) is 6.54 Å². The van der Waals surface area contributed by atoms with Gasteiger partial charge in [-0.05, 0) is 57.1 Å². The quantitative estimate of drug-likeness (QED) is 0.170. The molecule has 1 rings (SSSR count). The Bertz CT molecular complexity index is 891. The summed E-state index contributed by atoms with van der Waals surface area (Å²) >= 11 is 0. The highest BCUT2D eigenvalue weighted by atomic mass is 32.2. The third-order valence-electron chi connectivity index (χ3n) is 4.83. The van der Waals surface area contributed by atoms with Gasteiger partial charge in [-0.15, -0.1) is 0 Å². The number of sulfonamides is 1. The molecule has 2 atom stereocenters. The van der Waals surface area contributed by atoms with Gasteiger partial charge in [0.05, 0.1) is 10.9 Å². The molecule has 0 bridgehead atoms. The van der Waals surface area contributed by atoms with Crippen LogP contribution in [0.5, 0.6) is 0 Å². The molecular formula is C21H35N5O4S. The number of hydrogen-bond acceptors (Lipinski definition) is 6. The summed E-state index contributed by atoms with van der Waals surface area (Å²) in [6.45, 7) is 9.21. The number of benzene rings is 1. The topological polar surface area (TPSA) is 159 Å². The summed E-state index contributed by atoms with van der Waals surface area (Å²) in [5.74, 6) is -1.04. The molecule has 0 spiro atoms.